The fraction of sp³-hybridized carbons (Fsp3) is 0.0870. The number of nitrogens with one attached hydrogen (secondary N) is 1. The van der Waals surface area contributed by atoms with E-state index >= 15 is 0 Å². The Balaban J connectivity index is 1.82. The molecular weight excluding hydrogens is 388 g/mol. The van der Waals surface area contributed by atoms with Gasteiger partial charge in [-0.15, -0.1) is 0 Å². The zero-order valence-corrected chi connectivity index (χ0v) is 16.6. The lowest BCUT2D eigenvalue weighted by molar-refractivity contribution is -0.112. The fourth-order valence-electron chi connectivity index (χ4n) is 2.64. The minimum atomic E-state index is -0.566. The largest absolute Gasteiger partial charge is 0.457 e. The van der Waals surface area contributed by atoms with Gasteiger partial charge in [0.25, 0.3) is 5.91 Å². The lowest BCUT2D eigenvalue weighted by atomic mass is 10.1. The summed E-state index contributed by atoms with van der Waals surface area (Å²) in [5, 5.41) is 12.5. The van der Waals surface area contributed by atoms with E-state index in [4.69, 9.17) is 16.0 Å². The number of carbonyl (C=O) groups excluding carboxylic acids is 2. The van der Waals surface area contributed by atoms with Crippen molar-refractivity contribution < 1.29 is 14.0 Å². The maximum absolute atomic E-state index is 12.4. The van der Waals surface area contributed by atoms with E-state index in [0.717, 1.165) is 11.1 Å². The topological polar surface area (TPSA) is 83.1 Å². The molecule has 0 fully saturated rings. The Bertz CT molecular complexity index is 1170. The van der Waals surface area contributed by atoms with Crippen LogP contribution >= 0.6 is 11.6 Å². The van der Waals surface area contributed by atoms with E-state index in [1.165, 1.54) is 13.0 Å². The Morgan fingerprint density at radius 1 is 1.14 bits per heavy atom. The number of hydrogen-bond donors (Lipinski definition) is 1. The normalized spacial score (nSPS) is 11.0. The van der Waals surface area contributed by atoms with Crippen LogP contribution in [-0.2, 0) is 4.79 Å². The van der Waals surface area contributed by atoms with E-state index in [1.807, 2.05) is 19.1 Å². The molecule has 3 rings (SSSR count). The summed E-state index contributed by atoms with van der Waals surface area (Å²) in [5.41, 5.74) is 2.57. The highest BCUT2D eigenvalue weighted by Crippen LogP contribution is 2.25. The highest BCUT2D eigenvalue weighted by atomic mass is 35.5. The number of aryl methyl sites for hydroxylation is 1. The van der Waals surface area contributed by atoms with Gasteiger partial charge in [0.05, 0.1) is 0 Å². The number of benzene rings is 2. The van der Waals surface area contributed by atoms with Crippen LogP contribution in [0.1, 0.15) is 28.6 Å². The predicted molar refractivity (Wildman–Crippen MR) is 113 cm³/mol. The van der Waals surface area contributed by atoms with Gasteiger partial charge >= 0.3 is 0 Å². The predicted octanol–water partition coefficient (Wildman–Crippen LogP) is 5.66. The molecule has 0 radical (unpaired) electrons. The summed E-state index contributed by atoms with van der Waals surface area (Å²) in [6.07, 6.45) is 1.36. The standard InChI is InChI=1S/C23H17ClN2O3/c1-14-6-7-19(12-21(14)24)26-23(28)18(13-25)11-20-8-9-22(29-20)17-5-3-4-16(10-17)15(2)27/h3-12H,1-2H3,(H,26,28)/b18-11-. The van der Waals surface area contributed by atoms with Gasteiger partial charge in [0.1, 0.15) is 23.2 Å². The Morgan fingerprint density at radius 2 is 1.93 bits per heavy atom. The molecule has 0 spiro atoms. The van der Waals surface area contributed by atoms with Crippen molar-refractivity contribution >= 4 is 35.1 Å². The van der Waals surface area contributed by atoms with E-state index in [2.05, 4.69) is 5.32 Å². The summed E-state index contributed by atoms with van der Waals surface area (Å²) in [7, 11) is 0. The van der Waals surface area contributed by atoms with Gasteiger partial charge in [-0.05, 0) is 49.7 Å². The first-order valence-electron chi connectivity index (χ1n) is 8.78. The van der Waals surface area contributed by atoms with Crippen molar-refractivity contribution in [2.75, 3.05) is 5.32 Å². The first-order chi connectivity index (χ1) is 13.9. The van der Waals surface area contributed by atoms with Gasteiger partial charge in [0, 0.05) is 27.9 Å². The van der Waals surface area contributed by atoms with Gasteiger partial charge in [-0.3, -0.25) is 9.59 Å². The third kappa shape index (κ3) is 4.81. The number of ketones is 1. The molecule has 0 bridgehead atoms. The Hall–Kier alpha value is -3.62. The average Bonchev–Trinajstić information content (AvgIpc) is 3.17. The third-order valence-corrected chi connectivity index (χ3v) is 4.67. The number of anilines is 1. The highest BCUT2D eigenvalue weighted by Gasteiger charge is 2.12. The Morgan fingerprint density at radius 3 is 2.62 bits per heavy atom. The molecule has 144 valence electrons. The summed E-state index contributed by atoms with van der Waals surface area (Å²) < 4.78 is 5.73. The van der Waals surface area contributed by atoms with Crippen LogP contribution in [0.2, 0.25) is 5.02 Å². The number of nitriles is 1. The van der Waals surface area contributed by atoms with Crippen LogP contribution < -0.4 is 5.32 Å². The van der Waals surface area contributed by atoms with E-state index in [9.17, 15) is 14.9 Å². The van der Waals surface area contributed by atoms with Crippen molar-refractivity contribution in [2.24, 2.45) is 0 Å². The van der Waals surface area contributed by atoms with Crippen LogP contribution in [0, 0.1) is 18.3 Å². The molecule has 3 aromatic rings. The second kappa shape index (κ2) is 8.59. The smallest absolute Gasteiger partial charge is 0.266 e. The summed E-state index contributed by atoms with van der Waals surface area (Å²) in [6, 6.07) is 17.4. The molecule has 0 saturated heterocycles. The maximum Gasteiger partial charge on any atom is 0.266 e. The second-order valence-electron chi connectivity index (χ2n) is 6.43. The number of amides is 1. The van der Waals surface area contributed by atoms with E-state index in [1.54, 1.807) is 48.5 Å². The molecule has 0 aliphatic carbocycles. The number of halogens is 1. The van der Waals surface area contributed by atoms with Crippen LogP contribution in [0.5, 0.6) is 0 Å². The van der Waals surface area contributed by atoms with Gasteiger partial charge in [-0.25, -0.2) is 0 Å². The van der Waals surface area contributed by atoms with Crippen molar-refractivity contribution in [3.63, 3.8) is 0 Å². The monoisotopic (exact) mass is 404 g/mol. The molecule has 5 nitrogen and oxygen atoms in total. The van der Waals surface area contributed by atoms with Gasteiger partial charge in [0.15, 0.2) is 5.78 Å². The number of rotatable bonds is 5. The Kier molecular flexibility index (Phi) is 5.96. The number of Topliss-reactive ketones (excluding diaryl/α,β-unsaturated/α-hetero) is 1. The molecule has 29 heavy (non-hydrogen) atoms. The quantitative estimate of drug-likeness (QED) is 0.338. The Labute approximate surface area is 173 Å². The minimum Gasteiger partial charge on any atom is -0.457 e. The van der Waals surface area contributed by atoms with E-state index < -0.39 is 5.91 Å². The molecule has 1 N–H and O–H groups in total. The molecule has 6 heteroatoms. The van der Waals surface area contributed by atoms with E-state index in [-0.39, 0.29) is 11.4 Å². The number of carbonyl (C=O) groups is 2. The number of furan rings is 1. The molecule has 0 atom stereocenters. The van der Waals surface area contributed by atoms with Crippen molar-refractivity contribution in [1.29, 1.82) is 5.26 Å². The summed E-state index contributed by atoms with van der Waals surface area (Å²) >= 11 is 6.07. The molecule has 0 unspecified atom stereocenters. The molecule has 0 saturated carbocycles. The fourth-order valence-corrected chi connectivity index (χ4v) is 2.82. The minimum absolute atomic E-state index is 0.0434. The SMILES string of the molecule is CC(=O)c1cccc(-c2ccc(/C=C(/C#N)C(=O)Nc3ccc(C)c(Cl)c3)o2)c1. The molecule has 1 amide bonds. The van der Waals surface area contributed by atoms with Crippen LogP contribution in [0.4, 0.5) is 5.69 Å². The molecule has 1 heterocycles. The number of nitrogens with zero attached hydrogens (tertiary/aromatic N) is 1. The summed E-state index contributed by atoms with van der Waals surface area (Å²) in [4.78, 5) is 24.0. The zero-order chi connectivity index (χ0) is 21.0. The maximum atomic E-state index is 12.4. The molecule has 0 aliphatic rings. The lowest BCUT2D eigenvalue weighted by Crippen LogP contribution is -2.13. The first kappa shape index (κ1) is 20.1. The lowest BCUT2D eigenvalue weighted by Gasteiger charge is -2.06. The van der Waals surface area contributed by atoms with Gasteiger partial charge in [-0.1, -0.05) is 35.9 Å². The van der Waals surface area contributed by atoms with Crippen molar-refractivity contribution in [3.8, 4) is 17.4 Å². The van der Waals surface area contributed by atoms with Crippen LogP contribution in [0.15, 0.2) is 64.6 Å². The zero-order valence-electron chi connectivity index (χ0n) is 15.8. The second-order valence-corrected chi connectivity index (χ2v) is 6.83. The molecular formula is C23H17ClN2O3. The molecule has 0 aliphatic heterocycles. The highest BCUT2D eigenvalue weighted by molar-refractivity contribution is 6.31. The van der Waals surface area contributed by atoms with Crippen LogP contribution in [-0.4, -0.2) is 11.7 Å². The van der Waals surface area contributed by atoms with Crippen LogP contribution in [0.25, 0.3) is 17.4 Å². The molecule has 2 aromatic carbocycles. The number of hydrogen-bond acceptors (Lipinski definition) is 4. The molecule has 1 aromatic heterocycles. The van der Waals surface area contributed by atoms with Gasteiger partial charge in [-0.2, -0.15) is 5.26 Å². The summed E-state index contributed by atoms with van der Waals surface area (Å²) in [6.45, 7) is 3.35. The van der Waals surface area contributed by atoms with Crippen LogP contribution in [0.3, 0.4) is 0 Å². The third-order valence-electron chi connectivity index (χ3n) is 4.26. The van der Waals surface area contributed by atoms with Crippen molar-refractivity contribution in [2.45, 2.75) is 13.8 Å². The van der Waals surface area contributed by atoms with Gasteiger partial charge < -0.3 is 9.73 Å². The average molecular weight is 405 g/mol. The first-order valence-corrected chi connectivity index (χ1v) is 9.15. The van der Waals surface area contributed by atoms with Gasteiger partial charge in [0.2, 0.25) is 0 Å². The van der Waals surface area contributed by atoms with Crippen molar-refractivity contribution in [3.05, 3.63) is 82.1 Å². The van der Waals surface area contributed by atoms with E-state index in [0.29, 0.717) is 27.8 Å². The van der Waals surface area contributed by atoms with Crippen molar-refractivity contribution in [1.82, 2.24) is 0 Å². The summed E-state index contributed by atoms with van der Waals surface area (Å²) in [5.74, 6) is 0.270.